The molecule has 8 heteroatoms. The number of hydrogen-bond donors (Lipinski definition) is 2. The maximum absolute atomic E-state index is 13.7. The van der Waals surface area contributed by atoms with Crippen molar-refractivity contribution in [2.24, 2.45) is 5.16 Å². The van der Waals surface area contributed by atoms with Crippen LogP contribution in [0.1, 0.15) is 5.56 Å². The Morgan fingerprint density at radius 1 is 1.45 bits per heavy atom. The van der Waals surface area contributed by atoms with E-state index in [0.29, 0.717) is 16.4 Å². The third kappa shape index (κ3) is 3.12. The van der Waals surface area contributed by atoms with Crippen molar-refractivity contribution in [1.82, 2.24) is 9.97 Å². The third-order valence-electron chi connectivity index (χ3n) is 2.39. The van der Waals surface area contributed by atoms with E-state index in [1.54, 1.807) is 6.07 Å². The summed E-state index contributed by atoms with van der Waals surface area (Å²) in [4.78, 5) is 12.4. The van der Waals surface area contributed by atoms with Gasteiger partial charge in [-0.3, -0.25) is 0 Å². The standard InChI is InChI=1S/C12H11ClFN5O/c1-20-18-5-8-11(15)16-6-17-12(8)19-10-3-2-7(13)4-9(10)14/h2-6H,1H3,(H3,15,16,17,19)/b18-5+. The topological polar surface area (TPSA) is 85.4 Å². The molecule has 0 fully saturated rings. The molecule has 2 aromatic rings. The molecule has 104 valence electrons. The molecule has 2 rings (SSSR count). The largest absolute Gasteiger partial charge is 0.399 e. The Morgan fingerprint density at radius 3 is 2.95 bits per heavy atom. The van der Waals surface area contributed by atoms with E-state index < -0.39 is 5.82 Å². The van der Waals surface area contributed by atoms with Crippen LogP contribution in [-0.4, -0.2) is 23.3 Å². The smallest absolute Gasteiger partial charge is 0.148 e. The highest BCUT2D eigenvalue weighted by Crippen LogP contribution is 2.24. The maximum atomic E-state index is 13.7. The Hall–Kier alpha value is -2.41. The molecule has 0 unspecified atom stereocenters. The van der Waals surface area contributed by atoms with Gasteiger partial charge in [0.15, 0.2) is 0 Å². The number of benzene rings is 1. The van der Waals surface area contributed by atoms with Gasteiger partial charge in [-0.1, -0.05) is 16.8 Å². The molecule has 1 aromatic carbocycles. The van der Waals surface area contributed by atoms with Crippen LogP contribution in [-0.2, 0) is 4.84 Å². The highest BCUT2D eigenvalue weighted by atomic mass is 35.5. The number of nitrogen functional groups attached to an aromatic ring is 1. The minimum Gasteiger partial charge on any atom is -0.399 e. The van der Waals surface area contributed by atoms with Crippen molar-refractivity contribution < 1.29 is 9.23 Å². The first kappa shape index (κ1) is 14.0. The fourth-order valence-corrected chi connectivity index (χ4v) is 1.62. The zero-order chi connectivity index (χ0) is 14.5. The summed E-state index contributed by atoms with van der Waals surface area (Å²) >= 11 is 5.69. The van der Waals surface area contributed by atoms with E-state index in [-0.39, 0.29) is 11.5 Å². The Balaban J connectivity index is 2.38. The lowest BCUT2D eigenvalue weighted by molar-refractivity contribution is 0.215. The van der Waals surface area contributed by atoms with Gasteiger partial charge < -0.3 is 15.9 Å². The zero-order valence-corrected chi connectivity index (χ0v) is 11.2. The van der Waals surface area contributed by atoms with Crippen molar-refractivity contribution >= 4 is 35.1 Å². The Kier molecular flexibility index (Phi) is 4.31. The van der Waals surface area contributed by atoms with E-state index >= 15 is 0 Å². The maximum Gasteiger partial charge on any atom is 0.148 e. The number of anilines is 3. The second-order valence-corrected chi connectivity index (χ2v) is 4.12. The molecule has 0 atom stereocenters. The second-order valence-electron chi connectivity index (χ2n) is 3.69. The van der Waals surface area contributed by atoms with Gasteiger partial charge in [0.1, 0.15) is 30.9 Å². The normalized spacial score (nSPS) is 10.8. The van der Waals surface area contributed by atoms with Gasteiger partial charge in [-0.15, -0.1) is 0 Å². The van der Waals surface area contributed by atoms with E-state index in [1.165, 1.54) is 31.8 Å². The number of hydrogen-bond acceptors (Lipinski definition) is 6. The van der Waals surface area contributed by atoms with Gasteiger partial charge in [-0.25, -0.2) is 14.4 Å². The number of oxime groups is 1. The molecule has 1 aromatic heterocycles. The molecule has 6 nitrogen and oxygen atoms in total. The molecule has 0 amide bonds. The molecule has 0 radical (unpaired) electrons. The van der Waals surface area contributed by atoms with E-state index in [1.807, 2.05) is 0 Å². The summed E-state index contributed by atoms with van der Waals surface area (Å²) in [5.74, 6) is -0.0125. The van der Waals surface area contributed by atoms with E-state index in [4.69, 9.17) is 17.3 Å². The number of rotatable bonds is 4. The molecule has 0 bridgehead atoms. The summed E-state index contributed by atoms with van der Waals surface area (Å²) < 4.78 is 13.7. The van der Waals surface area contributed by atoms with Gasteiger partial charge in [0.2, 0.25) is 0 Å². The lowest BCUT2D eigenvalue weighted by atomic mass is 10.2. The molecule has 0 aliphatic carbocycles. The van der Waals surface area contributed by atoms with Crippen LogP contribution in [0.2, 0.25) is 5.02 Å². The van der Waals surface area contributed by atoms with E-state index in [2.05, 4.69) is 25.3 Å². The predicted octanol–water partition coefficient (Wildman–Crippen LogP) is 2.58. The molecule has 0 saturated heterocycles. The summed E-state index contributed by atoms with van der Waals surface area (Å²) in [6, 6.07) is 4.24. The van der Waals surface area contributed by atoms with Gasteiger partial charge in [-0.2, -0.15) is 0 Å². The van der Waals surface area contributed by atoms with Crippen molar-refractivity contribution in [3.63, 3.8) is 0 Å². The van der Waals surface area contributed by atoms with Crippen molar-refractivity contribution in [3.05, 3.63) is 40.9 Å². The van der Waals surface area contributed by atoms with Crippen LogP contribution in [0.15, 0.2) is 29.7 Å². The summed E-state index contributed by atoms with van der Waals surface area (Å²) in [6.07, 6.45) is 2.60. The summed E-state index contributed by atoms with van der Waals surface area (Å²) in [6.45, 7) is 0. The minimum atomic E-state index is -0.510. The average Bonchev–Trinajstić information content (AvgIpc) is 2.41. The first-order chi connectivity index (χ1) is 9.61. The summed E-state index contributed by atoms with van der Waals surface area (Å²) in [7, 11) is 1.39. The molecular formula is C12H11ClFN5O. The van der Waals surface area contributed by atoms with E-state index in [9.17, 15) is 4.39 Å². The highest BCUT2D eigenvalue weighted by molar-refractivity contribution is 6.30. The third-order valence-corrected chi connectivity index (χ3v) is 2.62. The van der Waals surface area contributed by atoms with Crippen LogP contribution in [0.3, 0.4) is 0 Å². The number of nitrogens with zero attached hydrogens (tertiary/aromatic N) is 3. The number of nitrogens with two attached hydrogens (primary N) is 1. The summed E-state index contributed by atoms with van der Waals surface area (Å²) in [5.41, 5.74) is 6.33. The molecular weight excluding hydrogens is 285 g/mol. The van der Waals surface area contributed by atoms with Crippen LogP contribution in [0, 0.1) is 5.82 Å². The minimum absolute atomic E-state index is 0.192. The first-order valence-corrected chi connectivity index (χ1v) is 5.88. The quantitative estimate of drug-likeness (QED) is 0.669. The second kappa shape index (κ2) is 6.16. The van der Waals surface area contributed by atoms with Crippen LogP contribution >= 0.6 is 11.6 Å². The Morgan fingerprint density at radius 2 is 2.25 bits per heavy atom. The molecule has 0 spiro atoms. The fourth-order valence-electron chi connectivity index (χ4n) is 1.46. The zero-order valence-electron chi connectivity index (χ0n) is 10.5. The molecule has 0 saturated carbocycles. The molecule has 3 N–H and O–H groups in total. The fraction of sp³-hybridized carbons (Fsp3) is 0.0833. The van der Waals surface area contributed by atoms with Crippen molar-refractivity contribution in [2.45, 2.75) is 0 Å². The molecule has 1 heterocycles. The van der Waals surface area contributed by atoms with Crippen LogP contribution in [0.5, 0.6) is 0 Å². The molecule has 20 heavy (non-hydrogen) atoms. The van der Waals surface area contributed by atoms with Gasteiger partial charge in [0, 0.05) is 5.02 Å². The first-order valence-electron chi connectivity index (χ1n) is 5.51. The Labute approximate surface area is 119 Å². The lowest BCUT2D eigenvalue weighted by Crippen LogP contribution is -2.05. The van der Waals surface area contributed by atoms with Gasteiger partial charge in [0.05, 0.1) is 17.5 Å². The Bertz CT molecular complexity index is 650. The van der Waals surface area contributed by atoms with Crippen LogP contribution in [0.25, 0.3) is 0 Å². The molecule has 0 aliphatic heterocycles. The number of nitrogens with one attached hydrogen (secondary N) is 1. The summed E-state index contributed by atoms with van der Waals surface area (Å²) in [5, 5.41) is 6.71. The van der Waals surface area contributed by atoms with E-state index in [0.717, 1.165) is 0 Å². The van der Waals surface area contributed by atoms with Gasteiger partial charge in [0.25, 0.3) is 0 Å². The van der Waals surface area contributed by atoms with Gasteiger partial charge in [-0.05, 0) is 18.2 Å². The predicted molar refractivity (Wildman–Crippen MR) is 75.7 cm³/mol. The van der Waals surface area contributed by atoms with Crippen molar-refractivity contribution in [2.75, 3.05) is 18.2 Å². The van der Waals surface area contributed by atoms with Crippen molar-refractivity contribution in [1.29, 1.82) is 0 Å². The van der Waals surface area contributed by atoms with Crippen LogP contribution < -0.4 is 11.1 Å². The SMILES string of the molecule is CO/N=C/c1c(N)ncnc1Nc1ccc(Cl)cc1F. The highest BCUT2D eigenvalue weighted by Gasteiger charge is 2.10. The van der Waals surface area contributed by atoms with Crippen LogP contribution in [0.4, 0.5) is 21.7 Å². The van der Waals surface area contributed by atoms with Crippen molar-refractivity contribution in [3.8, 4) is 0 Å². The number of halogens is 2. The number of aromatic nitrogens is 2. The monoisotopic (exact) mass is 295 g/mol. The molecule has 0 aliphatic rings. The average molecular weight is 296 g/mol. The van der Waals surface area contributed by atoms with Gasteiger partial charge >= 0.3 is 0 Å². The lowest BCUT2D eigenvalue weighted by Gasteiger charge is -2.10.